The van der Waals surface area contributed by atoms with Gasteiger partial charge in [0.1, 0.15) is 11.4 Å². The van der Waals surface area contributed by atoms with Crippen LogP contribution in [0.5, 0.6) is 0 Å². The summed E-state index contributed by atoms with van der Waals surface area (Å²) in [4.78, 5) is 32.7. The van der Waals surface area contributed by atoms with Crippen molar-refractivity contribution < 1.29 is 18.0 Å². The molecule has 1 aromatic heterocycles. The summed E-state index contributed by atoms with van der Waals surface area (Å²) in [6, 6.07) is 4.47. The first-order valence-electron chi connectivity index (χ1n) is 9.03. The number of amides is 2. The number of pyridine rings is 1. The van der Waals surface area contributed by atoms with Crippen LogP contribution in [0.15, 0.2) is 18.2 Å². The maximum atomic E-state index is 12.8. The third kappa shape index (κ3) is 4.81. The summed E-state index contributed by atoms with van der Waals surface area (Å²) in [5.74, 6) is -0.458. The molecule has 8 heteroatoms. The summed E-state index contributed by atoms with van der Waals surface area (Å²) in [6.45, 7) is 4.90. The molecule has 0 N–H and O–H groups in total. The van der Waals surface area contributed by atoms with E-state index >= 15 is 0 Å². The van der Waals surface area contributed by atoms with Gasteiger partial charge in [-0.05, 0) is 31.9 Å². The van der Waals surface area contributed by atoms with E-state index in [0.29, 0.717) is 19.5 Å². The first-order chi connectivity index (χ1) is 12.3. The molecule has 0 aliphatic carbocycles. The predicted molar refractivity (Wildman–Crippen MR) is 99.9 cm³/mol. The van der Waals surface area contributed by atoms with Gasteiger partial charge in [0.25, 0.3) is 11.8 Å². The van der Waals surface area contributed by atoms with Crippen molar-refractivity contribution in [3.63, 3.8) is 0 Å². The Labute approximate surface area is 155 Å². The van der Waals surface area contributed by atoms with Crippen molar-refractivity contribution in [2.75, 3.05) is 31.6 Å². The fourth-order valence-corrected chi connectivity index (χ4v) is 4.83. The van der Waals surface area contributed by atoms with Crippen molar-refractivity contribution in [1.29, 1.82) is 0 Å². The Morgan fingerprint density at radius 3 is 2.38 bits per heavy atom. The Morgan fingerprint density at radius 1 is 1.19 bits per heavy atom. The molecule has 0 radical (unpaired) electrons. The molecule has 2 rings (SSSR count). The smallest absolute Gasteiger partial charge is 0.272 e. The van der Waals surface area contributed by atoms with Crippen LogP contribution >= 0.6 is 0 Å². The molecule has 0 saturated carbocycles. The van der Waals surface area contributed by atoms with E-state index in [4.69, 9.17) is 0 Å². The molecule has 1 unspecified atom stereocenters. The molecule has 0 bridgehead atoms. The fraction of sp³-hybridized carbons (Fsp3) is 0.611. The molecule has 26 heavy (non-hydrogen) atoms. The molecule has 1 aliphatic heterocycles. The normalized spacial score (nSPS) is 18.5. The van der Waals surface area contributed by atoms with Crippen LogP contribution in [-0.2, 0) is 9.84 Å². The summed E-state index contributed by atoms with van der Waals surface area (Å²) >= 11 is 0. The van der Waals surface area contributed by atoms with Crippen molar-refractivity contribution in [2.45, 2.75) is 39.2 Å². The largest absolute Gasteiger partial charge is 0.340 e. The van der Waals surface area contributed by atoms with E-state index in [1.54, 1.807) is 35.0 Å². The molecule has 0 spiro atoms. The number of carbonyl (C=O) groups excluding carboxylic acids is 2. The van der Waals surface area contributed by atoms with Crippen molar-refractivity contribution in [3.8, 4) is 0 Å². The fourth-order valence-electron chi connectivity index (χ4n) is 3.10. The molecule has 0 aromatic carbocycles. The lowest BCUT2D eigenvalue weighted by Crippen LogP contribution is -2.41. The lowest BCUT2D eigenvalue weighted by molar-refractivity contribution is 0.0701. The van der Waals surface area contributed by atoms with Gasteiger partial charge < -0.3 is 9.80 Å². The van der Waals surface area contributed by atoms with Crippen LogP contribution in [0.2, 0.25) is 0 Å². The van der Waals surface area contributed by atoms with Crippen LogP contribution in [0.4, 0.5) is 0 Å². The van der Waals surface area contributed by atoms with Gasteiger partial charge in [0.15, 0.2) is 9.84 Å². The third-order valence-corrected chi connectivity index (χ3v) is 6.38. The second-order valence-corrected chi connectivity index (χ2v) is 8.87. The Hall–Kier alpha value is -1.96. The molecule has 1 aliphatic rings. The molecular weight excluding hydrogens is 354 g/mol. The molecular formula is C18H27N3O4S. The van der Waals surface area contributed by atoms with E-state index < -0.39 is 9.84 Å². The number of unbranched alkanes of at least 4 members (excludes halogenated alkanes) is 1. The molecule has 1 aromatic rings. The van der Waals surface area contributed by atoms with Crippen LogP contribution in [0.3, 0.4) is 0 Å². The van der Waals surface area contributed by atoms with Crippen LogP contribution < -0.4 is 0 Å². The van der Waals surface area contributed by atoms with Gasteiger partial charge in [-0.15, -0.1) is 0 Å². The highest BCUT2D eigenvalue weighted by Crippen LogP contribution is 2.19. The number of carbonyl (C=O) groups is 2. The second-order valence-electron chi connectivity index (χ2n) is 6.64. The first kappa shape index (κ1) is 20.4. The minimum atomic E-state index is -3.08. The van der Waals surface area contributed by atoms with Crippen molar-refractivity contribution in [1.82, 2.24) is 14.8 Å². The van der Waals surface area contributed by atoms with Gasteiger partial charge in [0.2, 0.25) is 0 Å². The average molecular weight is 381 g/mol. The van der Waals surface area contributed by atoms with E-state index in [1.165, 1.54) is 0 Å². The lowest BCUT2D eigenvalue weighted by atomic mass is 10.2. The van der Waals surface area contributed by atoms with E-state index in [-0.39, 0.29) is 40.7 Å². The van der Waals surface area contributed by atoms with Crippen LogP contribution in [0, 0.1) is 0 Å². The molecule has 1 atom stereocenters. The Kier molecular flexibility index (Phi) is 6.75. The number of sulfone groups is 1. The molecule has 2 heterocycles. The lowest BCUT2D eigenvalue weighted by Gasteiger charge is -2.26. The number of nitrogens with zero attached hydrogens (tertiary/aromatic N) is 3. The predicted octanol–water partition coefficient (Wildman–Crippen LogP) is 1.60. The summed E-state index contributed by atoms with van der Waals surface area (Å²) in [5.41, 5.74) is 0.399. The van der Waals surface area contributed by atoms with E-state index in [1.807, 2.05) is 6.92 Å². The Balaban J connectivity index is 2.17. The van der Waals surface area contributed by atoms with Gasteiger partial charge >= 0.3 is 0 Å². The highest BCUT2D eigenvalue weighted by Gasteiger charge is 2.34. The van der Waals surface area contributed by atoms with Crippen molar-refractivity contribution in [2.24, 2.45) is 0 Å². The maximum Gasteiger partial charge on any atom is 0.272 e. The van der Waals surface area contributed by atoms with E-state index in [2.05, 4.69) is 11.9 Å². The highest BCUT2D eigenvalue weighted by molar-refractivity contribution is 7.91. The number of hydrogen-bond donors (Lipinski definition) is 0. The van der Waals surface area contributed by atoms with Crippen LogP contribution in [0.1, 0.15) is 54.1 Å². The Morgan fingerprint density at radius 2 is 1.85 bits per heavy atom. The Bertz CT molecular complexity index is 763. The molecule has 1 fully saturated rings. The third-order valence-electron chi connectivity index (χ3n) is 4.63. The van der Waals surface area contributed by atoms with E-state index in [9.17, 15) is 18.0 Å². The number of rotatable bonds is 7. The topological polar surface area (TPSA) is 87.7 Å². The zero-order chi connectivity index (χ0) is 19.3. The molecule has 7 nitrogen and oxygen atoms in total. The number of hydrogen-bond acceptors (Lipinski definition) is 5. The summed E-state index contributed by atoms with van der Waals surface area (Å²) in [5, 5.41) is 0. The van der Waals surface area contributed by atoms with Crippen molar-refractivity contribution >= 4 is 21.7 Å². The number of aromatic nitrogens is 1. The SMILES string of the molecule is CCCCN(C)C(=O)c1cccc(C(=O)N(CC)C2CCS(=O)(=O)C2)n1. The van der Waals surface area contributed by atoms with Gasteiger partial charge in [0, 0.05) is 26.2 Å². The summed E-state index contributed by atoms with van der Waals surface area (Å²) in [7, 11) is -1.36. The summed E-state index contributed by atoms with van der Waals surface area (Å²) in [6.07, 6.45) is 2.33. The minimum absolute atomic E-state index is 0.00897. The highest BCUT2D eigenvalue weighted by atomic mass is 32.2. The van der Waals surface area contributed by atoms with Gasteiger partial charge in [-0.2, -0.15) is 0 Å². The van der Waals surface area contributed by atoms with Crippen molar-refractivity contribution in [3.05, 3.63) is 29.6 Å². The second kappa shape index (κ2) is 8.62. The zero-order valence-corrected chi connectivity index (χ0v) is 16.5. The zero-order valence-electron chi connectivity index (χ0n) is 15.6. The van der Waals surface area contributed by atoms with Crippen LogP contribution in [-0.4, -0.2) is 72.7 Å². The van der Waals surface area contributed by atoms with Gasteiger partial charge in [0.05, 0.1) is 11.5 Å². The van der Waals surface area contributed by atoms with E-state index in [0.717, 1.165) is 12.8 Å². The quantitative estimate of drug-likeness (QED) is 0.716. The van der Waals surface area contributed by atoms with Crippen LogP contribution in [0.25, 0.3) is 0 Å². The van der Waals surface area contributed by atoms with Gasteiger partial charge in [-0.1, -0.05) is 19.4 Å². The van der Waals surface area contributed by atoms with Gasteiger partial charge in [-0.3, -0.25) is 9.59 Å². The average Bonchev–Trinajstić information content (AvgIpc) is 2.99. The monoisotopic (exact) mass is 381 g/mol. The summed E-state index contributed by atoms with van der Waals surface area (Å²) < 4.78 is 23.4. The van der Waals surface area contributed by atoms with Gasteiger partial charge in [-0.25, -0.2) is 13.4 Å². The molecule has 144 valence electrons. The minimum Gasteiger partial charge on any atom is -0.340 e. The molecule has 1 saturated heterocycles. The molecule has 2 amide bonds. The standard InChI is InChI=1S/C18H27N3O4S/c1-4-6-11-20(3)17(22)15-8-7-9-16(19-15)18(23)21(5-2)14-10-12-26(24,25)13-14/h7-9,14H,4-6,10-13H2,1-3H3. The first-order valence-corrected chi connectivity index (χ1v) is 10.8. The maximum absolute atomic E-state index is 12.8.